The highest BCUT2D eigenvalue weighted by Crippen LogP contribution is 2.35. The van der Waals surface area contributed by atoms with E-state index in [2.05, 4.69) is 21.8 Å². The average Bonchev–Trinajstić information content (AvgIpc) is 3.61. The summed E-state index contributed by atoms with van der Waals surface area (Å²) in [5.74, 6) is 0.485. The number of ether oxygens (including phenoxy) is 1. The van der Waals surface area contributed by atoms with Crippen molar-refractivity contribution in [2.45, 2.75) is 50.4 Å². The molecule has 2 bridgehead atoms. The van der Waals surface area contributed by atoms with E-state index in [0.717, 1.165) is 30.6 Å². The molecular formula is C26H26FN5O2. The number of nitriles is 1. The van der Waals surface area contributed by atoms with Crippen molar-refractivity contribution in [1.29, 1.82) is 5.26 Å². The maximum absolute atomic E-state index is 14.9. The van der Waals surface area contributed by atoms with Gasteiger partial charge in [0.1, 0.15) is 24.2 Å². The fourth-order valence-electron chi connectivity index (χ4n) is 4.86. The molecule has 2 N–H and O–H groups in total. The maximum atomic E-state index is 14.9. The molecule has 0 unspecified atom stereocenters. The quantitative estimate of drug-likeness (QED) is 0.539. The molecule has 2 aromatic carbocycles. The number of para-hydroxylation sites is 1. The van der Waals surface area contributed by atoms with Gasteiger partial charge in [0.15, 0.2) is 0 Å². The predicted molar refractivity (Wildman–Crippen MR) is 124 cm³/mol. The molecule has 1 aliphatic heterocycles. The molecule has 2 fully saturated rings. The number of hydrogen-bond acceptors (Lipinski definition) is 5. The number of halogens is 1. The van der Waals surface area contributed by atoms with Gasteiger partial charge in [0.05, 0.1) is 24.0 Å². The van der Waals surface area contributed by atoms with Gasteiger partial charge in [0, 0.05) is 24.2 Å². The van der Waals surface area contributed by atoms with E-state index in [9.17, 15) is 14.4 Å². The Morgan fingerprint density at radius 1 is 1.29 bits per heavy atom. The Labute approximate surface area is 197 Å². The van der Waals surface area contributed by atoms with Gasteiger partial charge in [0.2, 0.25) is 5.91 Å². The first-order chi connectivity index (χ1) is 16.6. The van der Waals surface area contributed by atoms with E-state index < -0.39 is 11.9 Å². The van der Waals surface area contributed by atoms with E-state index in [1.165, 1.54) is 6.07 Å². The summed E-state index contributed by atoms with van der Waals surface area (Å²) >= 11 is 0. The third-order valence-corrected chi connectivity index (χ3v) is 6.62. The maximum Gasteiger partial charge on any atom is 0.238 e. The lowest BCUT2D eigenvalue weighted by atomic mass is 9.98. The minimum atomic E-state index is -0.791. The van der Waals surface area contributed by atoms with Gasteiger partial charge in [-0.3, -0.25) is 4.79 Å². The monoisotopic (exact) mass is 459 g/mol. The van der Waals surface area contributed by atoms with E-state index in [4.69, 9.17) is 4.74 Å². The minimum absolute atomic E-state index is 0.102. The number of hydrogen-bond donors (Lipinski definition) is 2. The van der Waals surface area contributed by atoms with Gasteiger partial charge in [-0.25, -0.2) is 9.07 Å². The van der Waals surface area contributed by atoms with Gasteiger partial charge < -0.3 is 15.4 Å². The van der Waals surface area contributed by atoms with Crippen LogP contribution >= 0.6 is 0 Å². The van der Waals surface area contributed by atoms with Crippen LogP contribution in [-0.2, 0) is 17.8 Å². The van der Waals surface area contributed by atoms with Crippen molar-refractivity contribution in [2.75, 3.05) is 0 Å². The smallest absolute Gasteiger partial charge is 0.238 e. The zero-order chi connectivity index (χ0) is 23.5. The van der Waals surface area contributed by atoms with Crippen LogP contribution in [0.25, 0.3) is 5.69 Å². The molecule has 5 rings (SSSR count). The van der Waals surface area contributed by atoms with Crippen molar-refractivity contribution >= 4 is 5.91 Å². The Morgan fingerprint density at radius 3 is 2.85 bits per heavy atom. The van der Waals surface area contributed by atoms with Gasteiger partial charge in [-0.2, -0.15) is 10.4 Å². The first kappa shape index (κ1) is 22.1. The van der Waals surface area contributed by atoms with E-state index in [-0.39, 0.29) is 18.4 Å². The first-order valence-corrected chi connectivity index (χ1v) is 11.6. The summed E-state index contributed by atoms with van der Waals surface area (Å²) in [5.41, 5.74) is 1.79. The molecule has 3 aromatic rings. The summed E-state index contributed by atoms with van der Waals surface area (Å²) in [6, 6.07) is 15.7. The van der Waals surface area contributed by atoms with Crippen LogP contribution < -0.4 is 15.4 Å². The van der Waals surface area contributed by atoms with E-state index in [1.54, 1.807) is 29.2 Å². The zero-order valence-electron chi connectivity index (χ0n) is 18.7. The van der Waals surface area contributed by atoms with Gasteiger partial charge in [-0.15, -0.1) is 0 Å². The van der Waals surface area contributed by atoms with Crippen molar-refractivity contribution < 1.29 is 13.9 Å². The average molecular weight is 460 g/mol. The molecule has 0 spiro atoms. The lowest BCUT2D eigenvalue weighted by Gasteiger charge is -2.23. The van der Waals surface area contributed by atoms with E-state index in [1.807, 2.05) is 30.3 Å². The van der Waals surface area contributed by atoms with Crippen LogP contribution in [0.1, 0.15) is 30.4 Å². The summed E-state index contributed by atoms with van der Waals surface area (Å²) in [6.45, 7) is 0.353. The fraction of sp³-hybridized carbons (Fsp3) is 0.346. The van der Waals surface area contributed by atoms with Crippen molar-refractivity contribution in [3.05, 3.63) is 77.9 Å². The molecule has 2 aliphatic rings. The zero-order valence-corrected chi connectivity index (χ0v) is 18.7. The Morgan fingerprint density at radius 2 is 2.15 bits per heavy atom. The summed E-state index contributed by atoms with van der Waals surface area (Å²) in [6.07, 6.45) is 6.73. The minimum Gasteiger partial charge on any atom is -0.489 e. The molecule has 34 heavy (non-hydrogen) atoms. The van der Waals surface area contributed by atoms with Crippen LogP contribution in [0.5, 0.6) is 5.75 Å². The highest BCUT2D eigenvalue weighted by Gasteiger charge is 2.43. The predicted octanol–water partition coefficient (Wildman–Crippen LogP) is 3.28. The summed E-state index contributed by atoms with van der Waals surface area (Å²) in [7, 11) is 0. The number of rotatable bonds is 8. The van der Waals surface area contributed by atoms with E-state index in [0.29, 0.717) is 29.8 Å². The standard InChI is InChI=1S/C26H26FN5O2/c27-24-12-22(32-15-17(14-29-32)16-34-23-4-2-1-3-5-23)9-7-18(24)10-21(13-28)31-26(33)25-19-6-8-20(11-19)30-25/h1-5,7,9,12,14-15,19-21,25,30H,6,8,10-11,16H2,(H,31,33)/t19-,20+,21-,25-/m0/s1. The van der Waals surface area contributed by atoms with Gasteiger partial charge in [-0.1, -0.05) is 24.3 Å². The Kier molecular flexibility index (Phi) is 6.28. The van der Waals surface area contributed by atoms with E-state index >= 15 is 0 Å². The number of piperidine rings is 1. The van der Waals surface area contributed by atoms with Crippen LogP contribution in [-0.4, -0.2) is 33.8 Å². The van der Waals surface area contributed by atoms with Crippen LogP contribution in [0.4, 0.5) is 4.39 Å². The summed E-state index contributed by atoms with van der Waals surface area (Å²) < 4.78 is 22.2. The van der Waals surface area contributed by atoms with Crippen molar-refractivity contribution in [3.63, 3.8) is 0 Å². The third kappa shape index (κ3) is 4.80. The lowest BCUT2D eigenvalue weighted by Crippen LogP contribution is -2.50. The molecule has 8 heteroatoms. The molecule has 1 saturated carbocycles. The highest BCUT2D eigenvalue weighted by molar-refractivity contribution is 5.83. The molecule has 174 valence electrons. The van der Waals surface area contributed by atoms with Crippen LogP contribution in [0.3, 0.4) is 0 Å². The molecule has 1 aromatic heterocycles. The number of benzene rings is 2. The van der Waals surface area contributed by atoms with Gasteiger partial charge in [-0.05, 0) is 55.0 Å². The van der Waals surface area contributed by atoms with Crippen LogP contribution in [0, 0.1) is 23.1 Å². The Hall–Kier alpha value is -3.70. The van der Waals surface area contributed by atoms with Crippen molar-refractivity contribution in [1.82, 2.24) is 20.4 Å². The third-order valence-electron chi connectivity index (χ3n) is 6.62. The molecule has 4 atom stereocenters. The van der Waals surface area contributed by atoms with Crippen molar-refractivity contribution in [3.8, 4) is 17.5 Å². The highest BCUT2D eigenvalue weighted by atomic mass is 19.1. The molecule has 0 radical (unpaired) electrons. The second-order valence-electron chi connectivity index (χ2n) is 8.98. The molecule has 1 amide bonds. The largest absolute Gasteiger partial charge is 0.489 e. The number of carbonyl (C=O) groups is 1. The number of nitrogens with one attached hydrogen (secondary N) is 2. The second-order valence-corrected chi connectivity index (χ2v) is 8.98. The van der Waals surface area contributed by atoms with Crippen LogP contribution in [0.2, 0.25) is 0 Å². The molecule has 1 aliphatic carbocycles. The van der Waals surface area contributed by atoms with Crippen molar-refractivity contribution in [2.24, 2.45) is 5.92 Å². The summed E-state index contributed by atoms with van der Waals surface area (Å²) in [4.78, 5) is 12.6. The fourth-order valence-corrected chi connectivity index (χ4v) is 4.86. The van der Waals surface area contributed by atoms with Gasteiger partial charge in [0.25, 0.3) is 0 Å². The number of carbonyl (C=O) groups excluding carboxylic acids is 1. The molecule has 1 saturated heterocycles. The Balaban J connectivity index is 1.20. The lowest BCUT2D eigenvalue weighted by molar-refractivity contribution is -0.124. The van der Waals surface area contributed by atoms with Crippen LogP contribution in [0.15, 0.2) is 60.9 Å². The topological polar surface area (TPSA) is 92.0 Å². The first-order valence-electron chi connectivity index (χ1n) is 11.6. The normalized spacial score (nSPS) is 21.7. The molecule has 7 nitrogen and oxygen atoms in total. The number of fused-ring (bicyclic) bond motifs is 2. The number of amides is 1. The summed E-state index contributed by atoms with van der Waals surface area (Å²) in [5, 5.41) is 20.0. The molecule has 2 heterocycles. The SMILES string of the molecule is N#C[C@H](Cc1ccc(-n2cc(COc3ccccc3)cn2)cc1F)NC(=O)[C@H]1N[C@@H]2CC[C@H]1C2. The Bertz CT molecular complexity index is 1210. The molecular weight excluding hydrogens is 433 g/mol. The number of nitrogens with zero attached hydrogens (tertiary/aromatic N) is 3. The number of aromatic nitrogens is 2. The van der Waals surface area contributed by atoms with Gasteiger partial charge >= 0.3 is 0 Å². The second kappa shape index (κ2) is 9.65.